The predicted octanol–water partition coefficient (Wildman–Crippen LogP) is -0.0111. The molecule has 1 saturated heterocycles. The summed E-state index contributed by atoms with van der Waals surface area (Å²) in [7, 11) is 0. The number of amides is 4. The van der Waals surface area contributed by atoms with Crippen molar-refractivity contribution in [3.8, 4) is 5.75 Å². The standard InChI is InChI=1S/C21H18N4O7/c22-17-14(32-21(31)11-2-1-7-23-10-11)5-3-12-16(17)20(30)25(18(12)28)13-4-6-15(27)24(8-9-26)19(13)29/h1-3,5,7,10,13,26H,4,6,8-9,22H2. The number of β-amino-alcohol motifs (C(OH)–C–C–N with tert-alkyl or cyclic N) is 1. The van der Waals surface area contributed by atoms with Crippen molar-refractivity contribution in [3.05, 3.63) is 53.3 Å². The number of likely N-dealkylation sites (tertiary alicyclic amines) is 1. The van der Waals surface area contributed by atoms with Gasteiger partial charge in [-0.25, -0.2) is 4.79 Å². The summed E-state index contributed by atoms with van der Waals surface area (Å²) in [6, 6.07) is 4.42. The molecular formula is C21H18N4O7. The van der Waals surface area contributed by atoms with Crippen molar-refractivity contribution in [1.82, 2.24) is 14.8 Å². The number of hydrogen-bond acceptors (Lipinski definition) is 9. The number of aliphatic hydroxyl groups excluding tert-OH is 1. The number of esters is 1. The fraction of sp³-hybridized carbons (Fsp3) is 0.238. The Kier molecular flexibility index (Phi) is 5.41. The van der Waals surface area contributed by atoms with Crippen LogP contribution >= 0.6 is 0 Å². The number of ether oxygens (including phenoxy) is 1. The molecule has 3 heterocycles. The van der Waals surface area contributed by atoms with Crippen LogP contribution in [0.2, 0.25) is 0 Å². The van der Waals surface area contributed by atoms with E-state index in [0.29, 0.717) is 0 Å². The highest BCUT2D eigenvalue weighted by Crippen LogP contribution is 2.37. The van der Waals surface area contributed by atoms with Gasteiger partial charge in [0.1, 0.15) is 6.04 Å². The number of carbonyl (C=O) groups excluding carboxylic acids is 5. The van der Waals surface area contributed by atoms with Gasteiger partial charge in [0.05, 0.1) is 35.5 Å². The molecule has 2 aliphatic rings. The number of benzene rings is 1. The fourth-order valence-electron chi connectivity index (χ4n) is 3.76. The molecule has 32 heavy (non-hydrogen) atoms. The predicted molar refractivity (Wildman–Crippen MR) is 107 cm³/mol. The van der Waals surface area contributed by atoms with Gasteiger partial charge in [-0.3, -0.25) is 34.0 Å². The number of pyridine rings is 1. The lowest BCUT2D eigenvalue weighted by molar-refractivity contribution is -0.152. The van der Waals surface area contributed by atoms with Crippen molar-refractivity contribution < 1.29 is 33.8 Å². The largest absolute Gasteiger partial charge is 0.421 e. The molecule has 4 rings (SSSR count). The number of anilines is 1. The van der Waals surface area contributed by atoms with Gasteiger partial charge >= 0.3 is 5.97 Å². The number of aliphatic hydroxyl groups is 1. The Bertz CT molecular complexity index is 1150. The van der Waals surface area contributed by atoms with Gasteiger partial charge < -0.3 is 15.6 Å². The molecule has 1 aromatic carbocycles. The summed E-state index contributed by atoms with van der Waals surface area (Å²) in [5.41, 5.74) is 5.80. The molecule has 164 valence electrons. The zero-order valence-corrected chi connectivity index (χ0v) is 16.7. The van der Waals surface area contributed by atoms with Crippen molar-refractivity contribution in [2.24, 2.45) is 0 Å². The van der Waals surface area contributed by atoms with Crippen LogP contribution in [-0.2, 0) is 9.59 Å². The third-order valence-corrected chi connectivity index (χ3v) is 5.31. The number of aromatic nitrogens is 1. The number of hydrogen-bond donors (Lipinski definition) is 2. The number of nitrogen functional groups attached to an aromatic ring is 1. The number of rotatable bonds is 5. The lowest BCUT2D eigenvalue weighted by Gasteiger charge is -2.34. The summed E-state index contributed by atoms with van der Waals surface area (Å²) in [6.07, 6.45) is 2.69. The van der Waals surface area contributed by atoms with E-state index in [4.69, 9.17) is 15.6 Å². The number of fused-ring (bicyclic) bond motifs is 1. The monoisotopic (exact) mass is 438 g/mol. The van der Waals surface area contributed by atoms with Gasteiger partial charge in [0, 0.05) is 18.8 Å². The summed E-state index contributed by atoms with van der Waals surface area (Å²) in [5.74, 6) is -3.66. The molecular weight excluding hydrogens is 420 g/mol. The average molecular weight is 438 g/mol. The van der Waals surface area contributed by atoms with Gasteiger partial charge in [-0.05, 0) is 30.7 Å². The molecule has 2 aromatic rings. The normalized spacial score (nSPS) is 18.2. The lowest BCUT2D eigenvalue weighted by Crippen LogP contribution is -2.56. The van der Waals surface area contributed by atoms with Crippen molar-refractivity contribution in [1.29, 1.82) is 0 Å². The van der Waals surface area contributed by atoms with E-state index in [1.807, 2.05) is 0 Å². The molecule has 0 spiro atoms. The highest BCUT2D eigenvalue weighted by molar-refractivity contribution is 6.26. The second-order valence-corrected chi connectivity index (χ2v) is 7.17. The molecule has 3 N–H and O–H groups in total. The van der Waals surface area contributed by atoms with E-state index in [2.05, 4.69) is 4.98 Å². The van der Waals surface area contributed by atoms with E-state index in [9.17, 15) is 24.0 Å². The summed E-state index contributed by atoms with van der Waals surface area (Å²) in [5, 5.41) is 9.12. The van der Waals surface area contributed by atoms with Crippen LogP contribution in [0.5, 0.6) is 5.75 Å². The molecule has 11 heteroatoms. The topological polar surface area (TPSA) is 160 Å². The number of nitrogens with two attached hydrogens (primary N) is 1. The zero-order valence-electron chi connectivity index (χ0n) is 16.7. The SMILES string of the molecule is Nc1c(OC(=O)c2cccnc2)ccc2c1C(=O)N(C1CCC(=O)N(CCO)C1=O)C2=O. The van der Waals surface area contributed by atoms with Crippen molar-refractivity contribution >= 4 is 35.3 Å². The Morgan fingerprint density at radius 2 is 1.97 bits per heavy atom. The van der Waals surface area contributed by atoms with E-state index in [0.717, 1.165) is 9.80 Å². The fourth-order valence-corrected chi connectivity index (χ4v) is 3.76. The molecule has 1 atom stereocenters. The van der Waals surface area contributed by atoms with E-state index < -0.39 is 42.2 Å². The molecule has 1 unspecified atom stereocenters. The van der Waals surface area contributed by atoms with Gasteiger partial charge in [0.25, 0.3) is 17.7 Å². The Balaban J connectivity index is 1.63. The van der Waals surface area contributed by atoms with Crippen molar-refractivity contribution in [3.63, 3.8) is 0 Å². The highest BCUT2D eigenvalue weighted by atomic mass is 16.5. The molecule has 0 saturated carbocycles. The first-order valence-electron chi connectivity index (χ1n) is 9.72. The molecule has 1 aromatic heterocycles. The second kappa shape index (κ2) is 8.19. The molecule has 0 bridgehead atoms. The summed E-state index contributed by atoms with van der Waals surface area (Å²) in [4.78, 5) is 68.5. The third kappa shape index (κ3) is 3.38. The molecule has 0 radical (unpaired) electrons. The first kappa shape index (κ1) is 21.1. The van der Waals surface area contributed by atoms with Crippen LogP contribution in [0.4, 0.5) is 5.69 Å². The Labute approximate surface area is 181 Å². The van der Waals surface area contributed by atoms with Gasteiger partial charge in [-0.1, -0.05) is 0 Å². The first-order valence-corrected chi connectivity index (χ1v) is 9.72. The summed E-state index contributed by atoms with van der Waals surface area (Å²) < 4.78 is 5.27. The number of carbonyl (C=O) groups is 5. The van der Waals surface area contributed by atoms with Gasteiger partial charge in [-0.15, -0.1) is 0 Å². The quantitative estimate of drug-likeness (QED) is 0.283. The van der Waals surface area contributed by atoms with E-state index in [-0.39, 0.29) is 47.5 Å². The van der Waals surface area contributed by atoms with Gasteiger partial charge in [0.15, 0.2) is 5.75 Å². The maximum Gasteiger partial charge on any atom is 0.345 e. The van der Waals surface area contributed by atoms with Crippen LogP contribution in [0.15, 0.2) is 36.7 Å². The Morgan fingerprint density at radius 3 is 2.66 bits per heavy atom. The smallest absolute Gasteiger partial charge is 0.345 e. The van der Waals surface area contributed by atoms with Crippen LogP contribution in [0, 0.1) is 0 Å². The van der Waals surface area contributed by atoms with Gasteiger partial charge in [0.2, 0.25) is 5.91 Å². The molecule has 4 amide bonds. The molecule has 11 nitrogen and oxygen atoms in total. The minimum atomic E-state index is -1.20. The number of piperidine rings is 1. The Morgan fingerprint density at radius 1 is 1.19 bits per heavy atom. The first-order chi connectivity index (χ1) is 15.3. The number of nitrogens with zero attached hydrogens (tertiary/aromatic N) is 3. The lowest BCUT2D eigenvalue weighted by atomic mass is 10.0. The average Bonchev–Trinajstić information content (AvgIpc) is 3.04. The minimum absolute atomic E-state index is 0.0339. The second-order valence-electron chi connectivity index (χ2n) is 7.17. The molecule has 0 aliphatic carbocycles. The third-order valence-electron chi connectivity index (χ3n) is 5.31. The van der Waals surface area contributed by atoms with Crippen molar-refractivity contribution in [2.75, 3.05) is 18.9 Å². The minimum Gasteiger partial charge on any atom is -0.421 e. The zero-order chi connectivity index (χ0) is 23.0. The molecule has 2 aliphatic heterocycles. The van der Waals surface area contributed by atoms with E-state index in [1.54, 1.807) is 6.07 Å². The van der Waals surface area contributed by atoms with E-state index >= 15 is 0 Å². The maximum atomic E-state index is 13.1. The number of imide groups is 2. The highest BCUT2D eigenvalue weighted by Gasteiger charge is 2.48. The van der Waals surface area contributed by atoms with Crippen LogP contribution in [-0.4, -0.2) is 68.7 Å². The summed E-state index contributed by atoms with van der Waals surface area (Å²) in [6.45, 7) is -0.668. The van der Waals surface area contributed by atoms with E-state index in [1.165, 1.54) is 30.6 Å². The van der Waals surface area contributed by atoms with Crippen LogP contribution in [0.25, 0.3) is 0 Å². The van der Waals surface area contributed by atoms with Crippen LogP contribution in [0.1, 0.15) is 43.9 Å². The van der Waals surface area contributed by atoms with Crippen molar-refractivity contribution in [2.45, 2.75) is 18.9 Å². The molecule has 1 fully saturated rings. The Hall–Kier alpha value is -4.12. The van der Waals surface area contributed by atoms with Crippen LogP contribution < -0.4 is 10.5 Å². The maximum absolute atomic E-state index is 13.1. The van der Waals surface area contributed by atoms with Gasteiger partial charge in [-0.2, -0.15) is 0 Å². The van der Waals surface area contributed by atoms with Crippen LogP contribution in [0.3, 0.4) is 0 Å². The summed E-state index contributed by atoms with van der Waals surface area (Å²) >= 11 is 0.